The van der Waals surface area contributed by atoms with Crippen molar-refractivity contribution in [1.29, 1.82) is 0 Å². The average Bonchev–Trinajstić information content (AvgIpc) is 2.05. The van der Waals surface area contributed by atoms with E-state index < -0.39 is 0 Å². The number of nitrogens with one attached hydrogen (secondary N) is 1. The maximum atomic E-state index is 5.62. The van der Waals surface area contributed by atoms with E-state index in [1.807, 2.05) is 0 Å². The second-order valence-corrected chi connectivity index (χ2v) is 3.25. The number of hydrogen-bond donors (Lipinski definition) is 1. The van der Waals surface area contributed by atoms with E-state index in [0.29, 0.717) is 12.1 Å². The molecule has 0 radical (unpaired) electrons. The molecular formula is C8H15NO. The molecule has 0 amide bonds. The predicted octanol–water partition coefficient (Wildman–Crippen LogP) is 0.917. The molecule has 10 heavy (non-hydrogen) atoms. The van der Waals surface area contributed by atoms with Crippen LogP contribution in [-0.4, -0.2) is 25.3 Å². The van der Waals surface area contributed by atoms with Crippen LogP contribution in [0, 0.1) is 0 Å². The summed E-state index contributed by atoms with van der Waals surface area (Å²) in [4.78, 5) is 0. The van der Waals surface area contributed by atoms with E-state index in [0.717, 1.165) is 6.61 Å². The third-order valence-corrected chi connectivity index (χ3v) is 2.51. The molecular weight excluding hydrogens is 126 g/mol. The number of rotatable bonds is 0. The Bertz CT molecular complexity index is 89.8. The third-order valence-electron chi connectivity index (χ3n) is 2.51. The average molecular weight is 141 g/mol. The van der Waals surface area contributed by atoms with Crippen LogP contribution in [0.3, 0.4) is 0 Å². The molecule has 0 aliphatic carbocycles. The molecule has 1 N–H and O–H groups in total. The Balaban J connectivity index is 1.93. The van der Waals surface area contributed by atoms with Gasteiger partial charge in [0.05, 0.1) is 6.10 Å². The number of hydrogen-bond acceptors (Lipinski definition) is 2. The minimum atomic E-state index is 0.544. The van der Waals surface area contributed by atoms with E-state index in [9.17, 15) is 0 Å². The Morgan fingerprint density at radius 2 is 2.20 bits per heavy atom. The van der Waals surface area contributed by atoms with Crippen LogP contribution in [0.4, 0.5) is 0 Å². The molecule has 2 fully saturated rings. The lowest BCUT2D eigenvalue weighted by Gasteiger charge is -2.36. The van der Waals surface area contributed by atoms with Crippen LogP contribution < -0.4 is 5.32 Å². The Labute approximate surface area is 61.9 Å². The van der Waals surface area contributed by atoms with Gasteiger partial charge in [-0.3, -0.25) is 0 Å². The van der Waals surface area contributed by atoms with Crippen molar-refractivity contribution >= 4 is 0 Å². The quantitative estimate of drug-likeness (QED) is 0.541. The third kappa shape index (κ3) is 1.18. The molecule has 0 spiro atoms. The molecule has 2 saturated heterocycles. The summed E-state index contributed by atoms with van der Waals surface area (Å²) in [5.74, 6) is 0. The first-order chi connectivity index (χ1) is 4.97. The van der Waals surface area contributed by atoms with Crippen molar-refractivity contribution in [3.8, 4) is 0 Å². The molecule has 2 heteroatoms. The van der Waals surface area contributed by atoms with Crippen LogP contribution in [-0.2, 0) is 4.74 Å². The first kappa shape index (κ1) is 6.62. The van der Waals surface area contributed by atoms with Crippen molar-refractivity contribution in [2.45, 2.75) is 37.8 Å². The van der Waals surface area contributed by atoms with E-state index in [2.05, 4.69) is 5.32 Å². The van der Waals surface area contributed by atoms with Gasteiger partial charge in [0.1, 0.15) is 0 Å². The van der Waals surface area contributed by atoms with Crippen LogP contribution in [0.15, 0.2) is 0 Å². The second-order valence-electron chi connectivity index (χ2n) is 3.25. The fourth-order valence-corrected chi connectivity index (χ4v) is 1.95. The van der Waals surface area contributed by atoms with Gasteiger partial charge in [0, 0.05) is 12.6 Å². The Kier molecular flexibility index (Phi) is 1.91. The highest BCUT2D eigenvalue weighted by Crippen LogP contribution is 2.20. The second kappa shape index (κ2) is 2.89. The minimum absolute atomic E-state index is 0.544. The topological polar surface area (TPSA) is 21.3 Å². The van der Waals surface area contributed by atoms with Gasteiger partial charge in [-0.15, -0.1) is 0 Å². The molecule has 2 atom stereocenters. The molecule has 2 unspecified atom stereocenters. The Morgan fingerprint density at radius 3 is 3.10 bits per heavy atom. The van der Waals surface area contributed by atoms with Crippen molar-refractivity contribution in [3.05, 3.63) is 0 Å². The summed E-state index contributed by atoms with van der Waals surface area (Å²) in [5, 5.41) is 3.50. The van der Waals surface area contributed by atoms with Gasteiger partial charge in [-0.1, -0.05) is 0 Å². The van der Waals surface area contributed by atoms with Gasteiger partial charge in [-0.25, -0.2) is 0 Å². The highest BCUT2D eigenvalue weighted by Gasteiger charge is 2.27. The van der Waals surface area contributed by atoms with E-state index in [4.69, 9.17) is 4.74 Å². The van der Waals surface area contributed by atoms with Crippen LogP contribution >= 0.6 is 0 Å². The predicted molar refractivity (Wildman–Crippen MR) is 40.0 cm³/mol. The number of ether oxygens (including phenoxy) is 1. The van der Waals surface area contributed by atoms with Crippen LogP contribution in [0.2, 0.25) is 0 Å². The molecule has 0 aromatic rings. The summed E-state index contributed by atoms with van der Waals surface area (Å²) in [6.07, 6.45) is 5.68. The van der Waals surface area contributed by atoms with E-state index in [1.165, 1.54) is 32.2 Å². The summed E-state index contributed by atoms with van der Waals surface area (Å²) < 4.78 is 5.62. The number of fused-ring (bicyclic) bond motifs is 1. The van der Waals surface area contributed by atoms with E-state index in [-0.39, 0.29) is 0 Å². The Hall–Kier alpha value is -0.0800. The first-order valence-corrected chi connectivity index (χ1v) is 4.32. The minimum Gasteiger partial charge on any atom is -0.377 e. The van der Waals surface area contributed by atoms with Crippen molar-refractivity contribution in [1.82, 2.24) is 5.32 Å². The summed E-state index contributed by atoms with van der Waals surface area (Å²) in [7, 11) is 0. The SMILES string of the molecule is C1COC2CCCNC2C1. The zero-order valence-corrected chi connectivity index (χ0v) is 6.31. The maximum absolute atomic E-state index is 5.62. The van der Waals surface area contributed by atoms with Crippen LogP contribution in [0.1, 0.15) is 25.7 Å². The smallest absolute Gasteiger partial charge is 0.0728 e. The maximum Gasteiger partial charge on any atom is 0.0728 e. The highest BCUT2D eigenvalue weighted by atomic mass is 16.5. The summed E-state index contributed by atoms with van der Waals surface area (Å²) in [6.45, 7) is 2.19. The molecule has 2 nitrogen and oxygen atoms in total. The standard InChI is InChI=1S/C8H15NO/c1-4-8-7(9-5-1)3-2-6-10-8/h7-9H,1-6H2. The van der Waals surface area contributed by atoms with Gasteiger partial charge in [0.15, 0.2) is 0 Å². The molecule has 2 aliphatic rings. The Morgan fingerprint density at radius 1 is 1.20 bits per heavy atom. The lowest BCUT2D eigenvalue weighted by Crippen LogP contribution is -2.48. The summed E-state index contributed by atoms with van der Waals surface area (Å²) in [5.41, 5.74) is 0. The summed E-state index contributed by atoms with van der Waals surface area (Å²) in [6, 6.07) is 0.683. The van der Waals surface area contributed by atoms with Crippen molar-refractivity contribution < 1.29 is 4.74 Å². The molecule has 0 saturated carbocycles. The summed E-state index contributed by atoms with van der Waals surface area (Å²) >= 11 is 0. The lowest BCUT2D eigenvalue weighted by molar-refractivity contribution is -0.0254. The van der Waals surface area contributed by atoms with Crippen LogP contribution in [0.5, 0.6) is 0 Å². The molecule has 2 rings (SSSR count). The van der Waals surface area contributed by atoms with Gasteiger partial charge < -0.3 is 10.1 Å². The van der Waals surface area contributed by atoms with E-state index in [1.54, 1.807) is 0 Å². The van der Waals surface area contributed by atoms with Crippen molar-refractivity contribution in [2.24, 2.45) is 0 Å². The largest absolute Gasteiger partial charge is 0.377 e. The van der Waals surface area contributed by atoms with Gasteiger partial charge in [0.25, 0.3) is 0 Å². The molecule has 0 aromatic heterocycles. The number of piperidine rings is 1. The van der Waals surface area contributed by atoms with Crippen molar-refractivity contribution in [2.75, 3.05) is 13.2 Å². The fraction of sp³-hybridized carbons (Fsp3) is 1.00. The normalized spacial score (nSPS) is 40.8. The van der Waals surface area contributed by atoms with Gasteiger partial charge in [-0.2, -0.15) is 0 Å². The van der Waals surface area contributed by atoms with Crippen molar-refractivity contribution in [3.63, 3.8) is 0 Å². The zero-order chi connectivity index (χ0) is 6.81. The highest BCUT2D eigenvalue weighted by molar-refractivity contribution is 4.84. The fourth-order valence-electron chi connectivity index (χ4n) is 1.95. The van der Waals surface area contributed by atoms with Gasteiger partial charge in [-0.05, 0) is 32.2 Å². The lowest BCUT2D eigenvalue weighted by atomic mass is 9.95. The molecule has 2 heterocycles. The molecule has 0 bridgehead atoms. The first-order valence-electron chi connectivity index (χ1n) is 4.32. The van der Waals surface area contributed by atoms with Gasteiger partial charge in [0.2, 0.25) is 0 Å². The zero-order valence-electron chi connectivity index (χ0n) is 6.31. The van der Waals surface area contributed by atoms with E-state index >= 15 is 0 Å². The van der Waals surface area contributed by atoms with Crippen LogP contribution in [0.25, 0.3) is 0 Å². The monoisotopic (exact) mass is 141 g/mol. The van der Waals surface area contributed by atoms with Gasteiger partial charge >= 0.3 is 0 Å². The molecule has 58 valence electrons. The molecule has 2 aliphatic heterocycles. The molecule has 0 aromatic carbocycles.